The predicted molar refractivity (Wildman–Crippen MR) is 77.6 cm³/mol. The van der Waals surface area contributed by atoms with Crippen molar-refractivity contribution >= 4 is 11.6 Å². The lowest BCUT2D eigenvalue weighted by Gasteiger charge is -2.14. The van der Waals surface area contributed by atoms with Gasteiger partial charge in [-0.1, -0.05) is 11.8 Å². The number of aromatic nitrogens is 1. The maximum atomic E-state index is 5.72. The van der Waals surface area contributed by atoms with Crippen molar-refractivity contribution in [2.45, 2.75) is 19.3 Å². The van der Waals surface area contributed by atoms with Crippen LogP contribution in [0.25, 0.3) is 0 Å². The highest BCUT2D eigenvalue weighted by Gasteiger charge is 2.10. The number of pyridine rings is 1. The first-order valence-corrected chi connectivity index (χ1v) is 7.27. The van der Waals surface area contributed by atoms with E-state index in [4.69, 9.17) is 16.3 Å². The third kappa shape index (κ3) is 5.10. The molecule has 0 saturated carbocycles. The number of hydrogen-bond donors (Lipinski definition) is 0. The van der Waals surface area contributed by atoms with Crippen molar-refractivity contribution in [2.75, 3.05) is 32.1 Å². The number of rotatable bonds is 5. The monoisotopic (exact) mass is 278 g/mol. The van der Waals surface area contributed by atoms with Gasteiger partial charge in [0.05, 0.1) is 6.20 Å². The van der Waals surface area contributed by atoms with Crippen LogP contribution in [0.15, 0.2) is 18.5 Å². The third-order valence-corrected chi connectivity index (χ3v) is 3.23. The molecular weight excluding hydrogens is 260 g/mol. The Morgan fingerprint density at radius 2 is 2.16 bits per heavy atom. The van der Waals surface area contributed by atoms with Gasteiger partial charge in [0.15, 0.2) is 0 Å². The van der Waals surface area contributed by atoms with E-state index in [2.05, 4.69) is 21.7 Å². The van der Waals surface area contributed by atoms with Crippen molar-refractivity contribution in [1.29, 1.82) is 0 Å². The molecule has 1 aromatic rings. The van der Waals surface area contributed by atoms with E-state index in [9.17, 15) is 0 Å². The summed E-state index contributed by atoms with van der Waals surface area (Å²) in [7, 11) is 0. The first-order valence-electron chi connectivity index (χ1n) is 6.73. The molecule has 2 rings (SSSR count). The Balaban J connectivity index is 1.79. The Hall–Kier alpha value is -1.24. The second kappa shape index (κ2) is 8.04. The van der Waals surface area contributed by atoms with Crippen LogP contribution >= 0.6 is 11.6 Å². The quantitative estimate of drug-likeness (QED) is 0.611. The van der Waals surface area contributed by atoms with Crippen molar-refractivity contribution < 1.29 is 4.74 Å². The van der Waals surface area contributed by atoms with Crippen LogP contribution in [0.1, 0.15) is 24.8 Å². The van der Waals surface area contributed by atoms with Gasteiger partial charge >= 0.3 is 0 Å². The van der Waals surface area contributed by atoms with E-state index in [1.165, 1.54) is 25.9 Å². The summed E-state index contributed by atoms with van der Waals surface area (Å²) in [5, 5.41) is 0. The van der Waals surface area contributed by atoms with Crippen LogP contribution in [0, 0.1) is 11.8 Å². The molecule has 0 aromatic carbocycles. The van der Waals surface area contributed by atoms with Crippen molar-refractivity contribution in [1.82, 2.24) is 9.88 Å². The van der Waals surface area contributed by atoms with E-state index in [0.29, 0.717) is 18.9 Å². The number of ether oxygens (including phenoxy) is 1. The molecule has 1 aromatic heterocycles. The molecule has 4 heteroatoms. The molecule has 0 aliphatic carbocycles. The molecule has 102 valence electrons. The van der Waals surface area contributed by atoms with Crippen LogP contribution in [0.2, 0.25) is 0 Å². The van der Waals surface area contributed by atoms with E-state index in [0.717, 1.165) is 17.9 Å². The Kier molecular flexibility index (Phi) is 6.00. The summed E-state index contributed by atoms with van der Waals surface area (Å²) in [6.45, 7) is 4.10. The smallest absolute Gasteiger partial charge is 0.138 e. The van der Waals surface area contributed by atoms with Gasteiger partial charge in [-0.05, 0) is 32.0 Å². The zero-order valence-corrected chi connectivity index (χ0v) is 11.8. The Labute approximate surface area is 119 Å². The molecule has 0 N–H and O–H groups in total. The molecule has 19 heavy (non-hydrogen) atoms. The molecule has 1 saturated heterocycles. The zero-order chi connectivity index (χ0) is 13.3. The first-order chi connectivity index (χ1) is 9.38. The number of halogens is 1. The fourth-order valence-corrected chi connectivity index (χ4v) is 2.17. The molecule has 0 unspecified atom stereocenters. The maximum Gasteiger partial charge on any atom is 0.138 e. The topological polar surface area (TPSA) is 25.4 Å². The molecule has 0 atom stereocenters. The van der Waals surface area contributed by atoms with Gasteiger partial charge in [0.1, 0.15) is 12.4 Å². The predicted octanol–water partition coefficient (Wildman–Crippen LogP) is 2.54. The minimum absolute atomic E-state index is 0.562. The summed E-state index contributed by atoms with van der Waals surface area (Å²) in [5.41, 5.74) is 0.879. The van der Waals surface area contributed by atoms with E-state index in [-0.39, 0.29) is 0 Å². The summed E-state index contributed by atoms with van der Waals surface area (Å²) in [6, 6.07) is 1.93. The van der Waals surface area contributed by atoms with E-state index in [1.807, 2.05) is 6.07 Å². The van der Waals surface area contributed by atoms with Gasteiger partial charge in [-0.15, -0.1) is 11.6 Å². The summed E-state index contributed by atoms with van der Waals surface area (Å²) in [5.74, 6) is 7.37. The van der Waals surface area contributed by atoms with Crippen LogP contribution in [-0.4, -0.2) is 42.0 Å². The Morgan fingerprint density at radius 1 is 1.32 bits per heavy atom. The number of likely N-dealkylation sites (tertiary alicyclic amines) is 1. The molecule has 0 spiro atoms. The molecule has 3 nitrogen and oxygen atoms in total. The molecule has 0 bridgehead atoms. The molecule has 0 radical (unpaired) electrons. The molecule has 1 aliphatic heterocycles. The van der Waals surface area contributed by atoms with E-state index < -0.39 is 0 Å². The van der Waals surface area contributed by atoms with Gasteiger partial charge < -0.3 is 4.74 Å². The lowest BCUT2D eigenvalue weighted by molar-refractivity contribution is 0.237. The van der Waals surface area contributed by atoms with Gasteiger partial charge in [0.2, 0.25) is 0 Å². The molecule has 1 fully saturated rings. The fourth-order valence-electron chi connectivity index (χ4n) is 2.08. The lowest BCUT2D eigenvalue weighted by atomic mass is 10.2. The van der Waals surface area contributed by atoms with Gasteiger partial charge in [-0.3, -0.25) is 9.88 Å². The summed E-state index contributed by atoms with van der Waals surface area (Å²) < 4.78 is 5.72. The van der Waals surface area contributed by atoms with Crippen molar-refractivity contribution in [3.8, 4) is 17.6 Å². The summed E-state index contributed by atoms with van der Waals surface area (Å²) >= 11 is 5.58. The second-order valence-corrected chi connectivity index (χ2v) is 4.93. The highest BCUT2D eigenvalue weighted by atomic mass is 35.5. The van der Waals surface area contributed by atoms with Gasteiger partial charge in [0, 0.05) is 30.6 Å². The minimum Gasteiger partial charge on any atom is -0.491 e. The SMILES string of the molecule is ClCCC#Cc1cncc(OCCN2CCCC2)c1. The zero-order valence-electron chi connectivity index (χ0n) is 11.1. The molecular formula is C15H19ClN2O. The van der Waals surface area contributed by atoms with Crippen LogP contribution in [-0.2, 0) is 0 Å². The molecule has 0 amide bonds. The maximum absolute atomic E-state index is 5.72. The largest absolute Gasteiger partial charge is 0.491 e. The van der Waals surface area contributed by atoms with Crippen LogP contribution in [0.3, 0.4) is 0 Å². The van der Waals surface area contributed by atoms with Crippen LogP contribution < -0.4 is 4.74 Å². The van der Waals surface area contributed by atoms with Crippen molar-refractivity contribution in [3.05, 3.63) is 24.0 Å². The van der Waals surface area contributed by atoms with Gasteiger partial charge in [-0.25, -0.2) is 0 Å². The second-order valence-electron chi connectivity index (χ2n) is 4.55. The normalized spacial score (nSPS) is 15.0. The summed E-state index contributed by atoms with van der Waals surface area (Å²) in [6.07, 6.45) is 6.80. The Bertz CT molecular complexity index is 447. The third-order valence-electron chi connectivity index (χ3n) is 3.04. The van der Waals surface area contributed by atoms with Crippen LogP contribution in [0.5, 0.6) is 5.75 Å². The summed E-state index contributed by atoms with van der Waals surface area (Å²) in [4.78, 5) is 6.57. The highest BCUT2D eigenvalue weighted by molar-refractivity contribution is 6.18. The van der Waals surface area contributed by atoms with Gasteiger partial charge in [-0.2, -0.15) is 0 Å². The lowest BCUT2D eigenvalue weighted by Crippen LogP contribution is -2.25. The number of hydrogen-bond acceptors (Lipinski definition) is 3. The molecule has 2 heterocycles. The number of alkyl halides is 1. The van der Waals surface area contributed by atoms with Crippen LogP contribution in [0.4, 0.5) is 0 Å². The van der Waals surface area contributed by atoms with Crippen molar-refractivity contribution in [3.63, 3.8) is 0 Å². The number of nitrogens with zero attached hydrogens (tertiary/aromatic N) is 2. The fraction of sp³-hybridized carbons (Fsp3) is 0.533. The Morgan fingerprint density at radius 3 is 2.95 bits per heavy atom. The van der Waals surface area contributed by atoms with Crippen molar-refractivity contribution in [2.24, 2.45) is 0 Å². The van der Waals surface area contributed by atoms with Gasteiger partial charge in [0.25, 0.3) is 0 Å². The average Bonchev–Trinajstić information content (AvgIpc) is 2.93. The van der Waals surface area contributed by atoms with E-state index in [1.54, 1.807) is 12.4 Å². The standard InChI is InChI=1S/C15H19ClN2O/c16-6-2-1-5-14-11-15(13-17-12-14)19-10-9-18-7-3-4-8-18/h11-13H,2-4,6-10H2. The first kappa shape index (κ1) is 14.2. The van der Waals surface area contributed by atoms with E-state index >= 15 is 0 Å². The average molecular weight is 279 g/mol. The minimum atomic E-state index is 0.562. The highest BCUT2D eigenvalue weighted by Crippen LogP contribution is 2.11. The molecule has 1 aliphatic rings.